The zero-order chi connectivity index (χ0) is 16.4. The average molecular weight is 310 g/mol. The number of aromatic nitrogens is 1. The number of amides is 1. The number of hydrogen-bond donors (Lipinski definition) is 0. The molecule has 1 aromatic carbocycles. The second-order valence-electron chi connectivity index (χ2n) is 6.17. The average Bonchev–Trinajstić information content (AvgIpc) is 3.35. The summed E-state index contributed by atoms with van der Waals surface area (Å²) in [5, 5.41) is 0. The first-order chi connectivity index (χ1) is 11.1. The monoisotopic (exact) mass is 310 g/mol. The maximum absolute atomic E-state index is 12.7. The Hall–Kier alpha value is -2.36. The predicted octanol–water partition coefficient (Wildman–Crippen LogP) is 2.83. The minimum atomic E-state index is -0.210. The summed E-state index contributed by atoms with van der Waals surface area (Å²) >= 11 is 0. The molecule has 0 saturated heterocycles. The molecule has 1 aliphatic rings. The minimum absolute atomic E-state index is 0.140. The number of hydrogen-bond acceptors (Lipinski definition) is 2. The predicted molar refractivity (Wildman–Crippen MR) is 90.7 cm³/mol. The molecule has 120 valence electrons. The summed E-state index contributed by atoms with van der Waals surface area (Å²) in [6.07, 6.45) is 3.84. The summed E-state index contributed by atoms with van der Waals surface area (Å²) in [7, 11) is 0. The normalized spacial score (nSPS) is 13.8. The topological polar surface area (TPSA) is 42.3 Å². The molecule has 0 bridgehead atoms. The van der Waals surface area contributed by atoms with Gasteiger partial charge in [0.1, 0.15) is 5.56 Å². The molecule has 1 heterocycles. The van der Waals surface area contributed by atoms with Gasteiger partial charge >= 0.3 is 0 Å². The van der Waals surface area contributed by atoms with Crippen LogP contribution in [-0.4, -0.2) is 28.0 Å². The van der Waals surface area contributed by atoms with Crippen LogP contribution in [0.15, 0.2) is 47.4 Å². The van der Waals surface area contributed by atoms with Crippen LogP contribution in [0.4, 0.5) is 0 Å². The smallest absolute Gasteiger partial charge is 0.263 e. The Morgan fingerprint density at radius 2 is 2.04 bits per heavy atom. The van der Waals surface area contributed by atoms with E-state index in [0.717, 1.165) is 24.0 Å². The third kappa shape index (κ3) is 3.36. The Morgan fingerprint density at radius 3 is 2.70 bits per heavy atom. The van der Waals surface area contributed by atoms with Crippen molar-refractivity contribution in [3.05, 3.63) is 69.6 Å². The van der Waals surface area contributed by atoms with Crippen LogP contribution in [0.3, 0.4) is 0 Å². The Kier molecular flexibility index (Phi) is 4.33. The van der Waals surface area contributed by atoms with Crippen LogP contribution < -0.4 is 5.56 Å². The molecule has 0 aliphatic heterocycles. The quantitative estimate of drug-likeness (QED) is 0.852. The third-order valence-corrected chi connectivity index (χ3v) is 4.28. The number of carbonyl (C=O) groups is 1. The highest BCUT2D eigenvalue weighted by atomic mass is 16.2. The zero-order valence-corrected chi connectivity index (χ0v) is 13.7. The standard InChI is InChI=1S/C19H22N2O2/c1-3-21(16-9-10-16)19(23)17-8-5-11-20(18(17)22)13-15-7-4-6-14(2)12-15/h4-8,11-12,16H,3,9-10,13H2,1-2H3. The van der Waals surface area contributed by atoms with Gasteiger partial charge in [-0.1, -0.05) is 29.8 Å². The van der Waals surface area contributed by atoms with Crippen LogP contribution in [0.5, 0.6) is 0 Å². The van der Waals surface area contributed by atoms with Crippen LogP contribution in [0, 0.1) is 6.92 Å². The number of carbonyl (C=O) groups excluding carboxylic acids is 1. The Bertz CT molecular complexity index is 775. The molecule has 4 nitrogen and oxygen atoms in total. The number of pyridine rings is 1. The van der Waals surface area contributed by atoms with Gasteiger partial charge in [0.15, 0.2) is 0 Å². The van der Waals surface area contributed by atoms with Gasteiger partial charge in [0.2, 0.25) is 0 Å². The fraction of sp³-hybridized carbons (Fsp3) is 0.368. The van der Waals surface area contributed by atoms with Crippen LogP contribution in [0.2, 0.25) is 0 Å². The van der Waals surface area contributed by atoms with E-state index >= 15 is 0 Å². The van der Waals surface area contributed by atoms with Crippen LogP contribution >= 0.6 is 0 Å². The van der Waals surface area contributed by atoms with Gasteiger partial charge in [0, 0.05) is 18.8 Å². The van der Waals surface area contributed by atoms with Gasteiger partial charge < -0.3 is 9.47 Å². The van der Waals surface area contributed by atoms with Crippen molar-refractivity contribution in [3.8, 4) is 0 Å². The highest BCUT2D eigenvalue weighted by Gasteiger charge is 2.32. The molecule has 1 amide bonds. The molecule has 1 aliphatic carbocycles. The lowest BCUT2D eigenvalue weighted by molar-refractivity contribution is 0.0750. The Labute approximate surface area is 136 Å². The van der Waals surface area contributed by atoms with Gasteiger partial charge in [0.25, 0.3) is 11.5 Å². The lowest BCUT2D eigenvalue weighted by Crippen LogP contribution is -2.37. The van der Waals surface area contributed by atoms with Crippen LogP contribution in [0.1, 0.15) is 41.3 Å². The van der Waals surface area contributed by atoms with Crippen molar-refractivity contribution in [1.82, 2.24) is 9.47 Å². The van der Waals surface area contributed by atoms with E-state index in [1.165, 1.54) is 0 Å². The van der Waals surface area contributed by atoms with E-state index in [9.17, 15) is 9.59 Å². The fourth-order valence-electron chi connectivity index (χ4n) is 2.94. The van der Waals surface area contributed by atoms with E-state index < -0.39 is 0 Å². The fourth-order valence-corrected chi connectivity index (χ4v) is 2.94. The van der Waals surface area contributed by atoms with E-state index in [4.69, 9.17) is 0 Å². The number of aryl methyl sites for hydroxylation is 1. The van der Waals surface area contributed by atoms with E-state index in [1.54, 1.807) is 22.9 Å². The number of rotatable bonds is 5. The summed E-state index contributed by atoms with van der Waals surface area (Å²) in [4.78, 5) is 27.1. The van der Waals surface area contributed by atoms with Gasteiger partial charge in [-0.25, -0.2) is 0 Å². The summed E-state index contributed by atoms with van der Waals surface area (Å²) in [5.41, 5.74) is 2.28. The maximum atomic E-state index is 12.7. The molecule has 23 heavy (non-hydrogen) atoms. The summed E-state index contributed by atoms with van der Waals surface area (Å²) < 4.78 is 1.61. The number of nitrogens with zero attached hydrogens (tertiary/aromatic N) is 2. The minimum Gasteiger partial charge on any atom is -0.336 e. The maximum Gasteiger partial charge on any atom is 0.263 e. The molecular weight excluding hydrogens is 288 g/mol. The largest absolute Gasteiger partial charge is 0.336 e. The molecule has 0 N–H and O–H groups in total. The second-order valence-corrected chi connectivity index (χ2v) is 6.17. The molecule has 1 aromatic heterocycles. The van der Waals surface area contributed by atoms with Gasteiger partial charge in [-0.3, -0.25) is 9.59 Å². The first-order valence-corrected chi connectivity index (χ1v) is 8.16. The van der Waals surface area contributed by atoms with Crippen molar-refractivity contribution < 1.29 is 4.79 Å². The summed E-state index contributed by atoms with van der Waals surface area (Å²) in [6, 6.07) is 11.8. The first kappa shape index (κ1) is 15.5. The molecule has 2 aromatic rings. The highest BCUT2D eigenvalue weighted by molar-refractivity contribution is 5.94. The Balaban J connectivity index is 1.89. The summed E-state index contributed by atoms with van der Waals surface area (Å²) in [5.74, 6) is -0.140. The van der Waals surface area contributed by atoms with Gasteiger partial charge in [-0.15, -0.1) is 0 Å². The zero-order valence-electron chi connectivity index (χ0n) is 13.7. The van der Waals surface area contributed by atoms with Crippen LogP contribution in [0.25, 0.3) is 0 Å². The molecular formula is C19H22N2O2. The third-order valence-electron chi connectivity index (χ3n) is 4.28. The van der Waals surface area contributed by atoms with Gasteiger partial charge in [-0.2, -0.15) is 0 Å². The molecule has 0 atom stereocenters. The molecule has 0 radical (unpaired) electrons. The van der Waals surface area contributed by atoms with Crippen LogP contribution in [-0.2, 0) is 6.54 Å². The molecule has 4 heteroatoms. The van der Waals surface area contributed by atoms with E-state index in [0.29, 0.717) is 19.1 Å². The molecule has 1 saturated carbocycles. The Morgan fingerprint density at radius 1 is 1.26 bits per heavy atom. The van der Waals surface area contributed by atoms with Crippen molar-refractivity contribution in [2.24, 2.45) is 0 Å². The van der Waals surface area contributed by atoms with Crippen molar-refractivity contribution in [2.45, 2.75) is 39.3 Å². The lowest BCUT2D eigenvalue weighted by Gasteiger charge is -2.20. The number of benzene rings is 1. The molecule has 3 rings (SSSR count). The first-order valence-electron chi connectivity index (χ1n) is 8.16. The van der Waals surface area contributed by atoms with Gasteiger partial charge in [-0.05, 0) is 44.4 Å². The van der Waals surface area contributed by atoms with Crippen molar-refractivity contribution >= 4 is 5.91 Å². The van der Waals surface area contributed by atoms with Crippen molar-refractivity contribution in [2.75, 3.05) is 6.54 Å². The summed E-state index contributed by atoms with van der Waals surface area (Å²) in [6.45, 7) is 5.12. The molecule has 0 unspecified atom stereocenters. The van der Waals surface area contributed by atoms with E-state index in [2.05, 4.69) is 6.07 Å². The second kappa shape index (κ2) is 6.41. The van der Waals surface area contributed by atoms with Gasteiger partial charge in [0.05, 0.1) is 6.54 Å². The molecule has 1 fully saturated rings. The highest BCUT2D eigenvalue weighted by Crippen LogP contribution is 2.27. The van der Waals surface area contributed by atoms with E-state index in [1.807, 2.05) is 36.9 Å². The lowest BCUT2D eigenvalue weighted by atomic mass is 10.1. The van der Waals surface area contributed by atoms with E-state index in [-0.39, 0.29) is 17.0 Å². The molecule has 0 spiro atoms. The van der Waals surface area contributed by atoms with Crippen molar-refractivity contribution in [3.63, 3.8) is 0 Å². The van der Waals surface area contributed by atoms with Crippen molar-refractivity contribution in [1.29, 1.82) is 0 Å². The SMILES string of the molecule is CCN(C(=O)c1cccn(Cc2cccc(C)c2)c1=O)C1CC1.